The van der Waals surface area contributed by atoms with E-state index in [0.29, 0.717) is 0 Å². The summed E-state index contributed by atoms with van der Waals surface area (Å²) in [5.74, 6) is 0.938. The number of hydrogen-bond acceptors (Lipinski definition) is 2. The molecule has 0 saturated carbocycles. The minimum absolute atomic E-state index is 0.0267. The molecule has 298 valence electrons. The third kappa shape index (κ3) is 5.01. The zero-order valence-corrected chi connectivity index (χ0v) is 36.6. The average molecular weight is 792 g/mol. The second kappa shape index (κ2) is 12.1. The van der Waals surface area contributed by atoms with Crippen LogP contribution in [-0.2, 0) is 16.2 Å². The lowest BCUT2D eigenvalue weighted by Crippen LogP contribution is -2.60. The van der Waals surface area contributed by atoms with Crippen LogP contribution in [0.4, 0.5) is 11.4 Å². The van der Waals surface area contributed by atoms with E-state index in [0.717, 1.165) is 33.8 Å². The van der Waals surface area contributed by atoms with Crippen LogP contribution in [0.5, 0.6) is 0 Å². The van der Waals surface area contributed by atoms with Crippen molar-refractivity contribution in [2.75, 3.05) is 4.81 Å². The summed E-state index contributed by atoms with van der Waals surface area (Å²) in [6.45, 7) is 20.7. The van der Waals surface area contributed by atoms with Crippen molar-refractivity contribution in [1.29, 1.82) is 0 Å². The molecule has 0 aliphatic carbocycles. The molecule has 2 aliphatic rings. The number of benzene rings is 7. The van der Waals surface area contributed by atoms with Crippen LogP contribution in [0.1, 0.15) is 79.0 Å². The maximum atomic E-state index is 7.10. The molecule has 0 atom stereocenters. The number of anilines is 2. The van der Waals surface area contributed by atoms with Gasteiger partial charge in [-0.15, -0.1) is 0 Å². The van der Waals surface area contributed by atoms with Gasteiger partial charge in [0.25, 0.3) is 0 Å². The highest BCUT2D eigenvalue weighted by Crippen LogP contribution is 2.51. The summed E-state index contributed by atoms with van der Waals surface area (Å²) in [5.41, 5.74) is 18.1. The van der Waals surface area contributed by atoms with Crippen molar-refractivity contribution < 1.29 is 4.42 Å². The van der Waals surface area contributed by atoms with Gasteiger partial charge in [-0.25, -0.2) is 0 Å². The molecule has 12 rings (SSSR count). The van der Waals surface area contributed by atoms with E-state index >= 15 is 0 Å². The Labute approximate surface area is 358 Å². The Balaban J connectivity index is 1.33. The summed E-state index contributed by atoms with van der Waals surface area (Å²) in [5, 5.41) is 6.24. The lowest BCUT2D eigenvalue weighted by molar-refractivity contribution is 0.589. The molecule has 0 amide bonds. The predicted octanol–water partition coefficient (Wildman–Crippen LogP) is 13.8. The first-order valence-electron chi connectivity index (χ1n) is 21.9. The first kappa shape index (κ1) is 36.4. The van der Waals surface area contributed by atoms with Crippen molar-refractivity contribution in [2.45, 2.75) is 78.6 Å². The SMILES string of the molecule is CC(C)(C)c1ccc(N2B3c4c(cc(C(C)(C)C)cc4-n4c5ccc(C(C)(C)C)cc5c5c4c3cc3c4ccccc4n(-c4ccccc4)c35)-c3oc4ccccc4c32)cc1. The van der Waals surface area contributed by atoms with Crippen molar-refractivity contribution in [2.24, 2.45) is 0 Å². The number of nitrogens with zero attached hydrogens (tertiary/aromatic N) is 3. The Hall–Kier alpha value is -6.46. The van der Waals surface area contributed by atoms with Gasteiger partial charge in [0, 0.05) is 49.6 Å². The second-order valence-electron chi connectivity index (χ2n) is 20.6. The molecule has 0 saturated heterocycles. The van der Waals surface area contributed by atoms with E-state index < -0.39 is 0 Å². The fraction of sp³-hybridized carbons (Fsp3) is 0.214. The summed E-state index contributed by atoms with van der Waals surface area (Å²) < 4.78 is 12.2. The van der Waals surface area contributed by atoms with Gasteiger partial charge in [0.15, 0.2) is 5.76 Å². The van der Waals surface area contributed by atoms with Gasteiger partial charge in [-0.2, -0.15) is 0 Å². The molecule has 5 heteroatoms. The Bertz CT molecular complexity index is 3470. The van der Waals surface area contributed by atoms with E-state index in [4.69, 9.17) is 4.42 Å². The van der Waals surface area contributed by atoms with E-state index in [2.05, 4.69) is 216 Å². The van der Waals surface area contributed by atoms with Crippen LogP contribution < -0.4 is 15.7 Å². The first-order valence-corrected chi connectivity index (χ1v) is 21.9. The Morgan fingerprint density at radius 3 is 1.84 bits per heavy atom. The number of fused-ring (bicyclic) bond motifs is 13. The Morgan fingerprint density at radius 2 is 1.11 bits per heavy atom. The highest BCUT2D eigenvalue weighted by atomic mass is 16.3. The van der Waals surface area contributed by atoms with Crippen LogP contribution in [-0.4, -0.2) is 16.0 Å². The van der Waals surface area contributed by atoms with Crippen molar-refractivity contribution in [3.63, 3.8) is 0 Å². The minimum atomic E-state index is -0.141. The van der Waals surface area contributed by atoms with Gasteiger partial charge >= 0.3 is 6.85 Å². The van der Waals surface area contributed by atoms with Crippen LogP contribution in [0.25, 0.3) is 77.3 Å². The van der Waals surface area contributed by atoms with Crippen molar-refractivity contribution in [3.8, 4) is 22.7 Å². The van der Waals surface area contributed by atoms with Gasteiger partial charge in [0.1, 0.15) is 5.58 Å². The largest absolute Gasteiger partial charge is 0.454 e. The van der Waals surface area contributed by atoms with Crippen molar-refractivity contribution >= 4 is 83.7 Å². The van der Waals surface area contributed by atoms with Gasteiger partial charge in [0.05, 0.1) is 27.8 Å². The minimum Gasteiger partial charge on any atom is -0.454 e. The normalized spacial score (nSPS) is 13.9. The molecule has 5 heterocycles. The zero-order chi connectivity index (χ0) is 41.9. The summed E-state index contributed by atoms with van der Waals surface area (Å²) >= 11 is 0. The summed E-state index contributed by atoms with van der Waals surface area (Å²) in [6, 6.07) is 52.7. The van der Waals surface area contributed by atoms with E-state index in [9.17, 15) is 0 Å². The molecule has 0 fully saturated rings. The number of hydrogen-bond donors (Lipinski definition) is 0. The van der Waals surface area contributed by atoms with E-state index in [-0.39, 0.29) is 23.1 Å². The van der Waals surface area contributed by atoms with E-state index in [1.165, 1.54) is 82.5 Å². The van der Waals surface area contributed by atoms with Crippen LogP contribution in [0.15, 0.2) is 144 Å². The molecule has 0 N–H and O–H groups in total. The standard InChI is InChI=1S/C56H50BN3O/c1-54(2,3)33-23-26-37(27-24-33)60-51-39-20-14-16-22-47(39)61-53(51)42-30-35(56(7,8)9)31-46-49(42)57(60)43-32-40-38-19-13-15-21-44(38)58(36-17-11-10-12-18-36)50(40)48-41-29-34(55(4,5)6)25-28-45(41)59(46)52(43)48/h10-32H,1-9H3. The molecule has 2 aliphatic heterocycles. The highest BCUT2D eigenvalue weighted by molar-refractivity contribution is 6.94. The molecule has 0 radical (unpaired) electrons. The van der Waals surface area contributed by atoms with Crippen molar-refractivity contribution in [3.05, 3.63) is 156 Å². The fourth-order valence-corrected chi connectivity index (χ4v) is 10.6. The molecule has 4 nitrogen and oxygen atoms in total. The summed E-state index contributed by atoms with van der Waals surface area (Å²) in [6.07, 6.45) is 0. The van der Waals surface area contributed by atoms with Crippen LogP contribution in [0.2, 0.25) is 0 Å². The maximum Gasteiger partial charge on any atom is 0.333 e. The topological polar surface area (TPSA) is 26.2 Å². The Morgan fingerprint density at radius 1 is 0.475 bits per heavy atom. The quantitative estimate of drug-likeness (QED) is 0.163. The third-order valence-corrected chi connectivity index (χ3v) is 13.7. The molecular formula is C56H50BN3O. The maximum absolute atomic E-state index is 7.10. The smallest absolute Gasteiger partial charge is 0.333 e. The van der Waals surface area contributed by atoms with Gasteiger partial charge in [-0.1, -0.05) is 135 Å². The number of para-hydroxylation sites is 3. The van der Waals surface area contributed by atoms with E-state index in [1.807, 2.05) is 0 Å². The summed E-state index contributed by atoms with van der Waals surface area (Å²) in [4.78, 5) is 2.62. The van der Waals surface area contributed by atoms with Gasteiger partial charge in [0.2, 0.25) is 0 Å². The second-order valence-corrected chi connectivity index (χ2v) is 20.6. The van der Waals surface area contributed by atoms with Gasteiger partial charge in [-0.05, 0) is 111 Å². The van der Waals surface area contributed by atoms with E-state index in [1.54, 1.807) is 0 Å². The van der Waals surface area contributed by atoms with Crippen LogP contribution >= 0.6 is 0 Å². The average Bonchev–Trinajstić information content (AvgIpc) is 3.90. The third-order valence-electron chi connectivity index (χ3n) is 13.7. The lowest BCUT2D eigenvalue weighted by atomic mass is 9.44. The molecule has 61 heavy (non-hydrogen) atoms. The number of aromatic nitrogens is 2. The highest BCUT2D eigenvalue weighted by Gasteiger charge is 2.47. The fourth-order valence-electron chi connectivity index (χ4n) is 10.6. The lowest BCUT2D eigenvalue weighted by Gasteiger charge is -2.41. The molecule has 0 bridgehead atoms. The Kier molecular flexibility index (Phi) is 7.22. The van der Waals surface area contributed by atoms with Gasteiger partial charge < -0.3 is 18.4 Å². The number of rotatable bonds is 2. The summed E-state index contributed by atoms with van der Waals surface area (Å²) in [7, 11) is 0. The molecular weight excluding hydrogens is 741 g/mol. The first-order chi connectivity index (χ1) is 29.2. The monoisotopic (exact) mass is 791 g/mol. The molecule has 0 spiro atoms. The molecule has 7 aromatic carbocycles. The zero-order valence-electron chi connectivity index (χ0n) is 36.6. The molecule has 0 unspecified atom stereocenters. The predicted molar refractivity (Wildman–Crippen MR) is 260 cm³/mol. The molecule has 3 aromatic heterocycles. The van der Waals surface area contributed by atoms with Crippen LogP contribution in [0.3, 0.4) is 0 Å². The number of furan rings is 1. The van der Waals surface area contributed by atoms with Gasteiger partial charge in [-0.3, -0.25) is 0 Å². The van der Waals surface area contributed by atoms with Crippen molar-refractivity contribution in [1.82, 2.24) is 9.13 Å². The molecule has 10 aromatic rings. The van der Waals surface area contributed by atoms with Crippen LogP contribution in [0, 0.1) is 0 Å².